The first-order valence-corrected chi connectivity index (χ1v) is 8.35. The van der Waals surface area contributed by atoms with Crippen LogP contribution < -0.4 is 0 Å². The van der Waals surface area contributed by atoms with Crippen molar-refractivity contribution in [3.05, 3.63) is 35.9 Å². The predicted octanol–water partition coefficient (Wildman–Crippen LogP) is 3.95. The number of ether oxygens (including phenoxy) is 1. The van der Waals surface area contributed by atoms with Crippen molar-refractivity contribution in [2.75, 3.05) is 0 Å². The van der Waals surface area contributed by atoms with E-state index in [0.717, 1.165) is 6.42 Å². The minimum Gasteiger partial charge on any atom is -0.443 e. The van der Waals surface area contributed by atoms with Crippen molar-refractivity contribution in [2.45, 2.75) is 64.2 Å². The van der Waals surface area contributed by atoms with Crippen LogP contribution in [0.2, 0.25) is 0 Å². The monoisotopic (exact) mass is 303 g/mol. The van der Waals surface area contributed by atoms with Crippen molar-refractivity contribution in [3.8, 4) is 0 Å². The maximum Gasteiger partial charge on any atom is 0.434 e. The molecular formula is C18H25NO3. The number of nitrogens with zero attached hydrogens (tertiary/aromatic N) is 1. The van der Waals surface area contributed by atoms with Crippen LogP contribution >= 0.6 is 0 Å². The molecule has 1 saturated carbocycles. The molecule has 4 heteroatoms. The summed E-state index contributed by atoms with van der Waals surface area (Å²) in [6, 6.07) is 10.1. The van der Waals surface area contributed by atoms with Crippen molar-refractivity contribution in [2.24, 2.45) is 5.92 Å². The lowest BCUT2D eigenvalue weighted by atomic mass is 10.0. The number of hydrogen-bond acceptors (Lipinski definition) is 3. The van der Waals surface area contributed by atoms with Crippen molar-refractivity contribution in [1.29, 1.82) is 0 Å². The van der Waals surface area contributed by atoms with E-state index in [0.29, 0.717) is 5.92 Å². The molecule has 1 aromatic rings. The van der Waals surface area contributed by atoms with Crippen molar-refractivity contribution in [3.63, 3.8) is 0 Å². The number of hydrogen-bond donors (Lipinski definition) is 0. The summed E-state index contributed by atoms with van der Waals surface area (Å²) in [4.78, 5) is 18.1. The van der Waals surface area contributed by atoms with Crippen molar-refractivity contribution >= 4 is 6.09 Å². The molecule has 2 aliphatic rings. The van der Waals surface area contributed by atoms with Crippen LogP contribution in [0.15, 0.2) is 30.3 Å². The van der Waals surface area contributed by atoms with Gasteiger partial charge in [0.05, 0.1) is 6.10 Å². The van der Waals surface area contributed by atoms with Crippen LogP contribution in [-0.2, 0) is 16.0 Å². The van der Waals surface area contributed by atoms with Gasteiger partial charge in [0.15, 0.2) is 0 Å². The molecule has 0 aromatic heterocycles. The molecule has 3 rings (SSSR count). The highest BCUT2D eigenvalue weighted by molar-refractivity contribution is 5.69. The van der Waals surface area contributed by atoms with E-state index in [9.17, 15) is 4.79 Å². The Labute approximate surface area is 132 Å². The van der Waals surface area contributed by atoms with Crippen LogP contribution in [-0.4, -0.2) is 29.4 Å². The van der Waals surface area contributed by atoms with E-state index in [1.807, 2.05) is 25.1 Å². The summed E-state index contributed by atoms with van der Waals surface area (Å²) in [5.41, 5.74) is 1.19. The molecule has 0 bridgehead atoms. The summed E-state index contributed by atoms with van der Waals surface area (Å²) in [7, 11) is 0. The van der Waals surface area contributed by atoms with Crippen LogP contribution in [0, 0.1) is 5.92 Å². The molecule has 2 fully saturated rings. The lowest BCUT2D eigenvalue weighted by Crippen LogP contribution is -2.41. The highest BCUT2D eigenvalue weighted by Gasteiger charge is 2.42. The second kappa shape index (κ2) is 6.69. The van der Waals surface area contributed by atoms with E-state index >= 15 is 0 Å². The number of cyclic esters (lactones) is 1. The quantitative estimate of drug-likeness (QED) is 0.826. The fraction of sp³-hybridized carbons (Fsp3) is 0.611. The van der Waals surface area contributed by atoms with Crippen molar-refractivity contribution < 1.29 is 14.4 Å². The Morgan fingerprint density at radius 1 is 1.27 bits per heavy atom. The summed E-state index contributed by atoms with van der Waals surface area (Å²) >= 11 is 0. The largest absolute Gasteiger partial charge is 0.443 e. The minimum atomic E-state index is -0.349. The van der Waals surface area contributed by atoms with Gasteiger partial charge in [-0.1, -0.05) is 43.2 Å². The molecule has 22 heavy (non-hydrogen) atoms. The van der Waals surface area contributed by atoms with Gasteiger partial charge < -0.3 is 4.74 Å². The average Bonchev–Trinajstić information content (AvgIpc) is 3.13. The molecular weight excluding hydrogens is 278 g/mol. The van der Waals surface area contributed by atoms with Crippen LogP contribution in [0.5, 0.6) is 0 Å². The van der Waals surface area contributed by atoms with Gasteiger partial charge in [-0.2, -0.15) is 5.06 Å². The first-order valence-electron chi connectivity index (χ1n) is 8.35. The molecule has 1 aliphatic heterocycles. The second-order valence-electron chi connectivity index (χ2n) is 6.53. The van der Waals surface area contributed by atoms with Gasteiger partial charge in [-0.25, -0.2) is 4.79 Å². The zero-order valence-corrected chi connectivity index (χ0v) is 13.4. The summed E-state index contributed by atoms with van der Waals surface area (Å²) < 4.78 is 5.38. The highest BCUT2D eigenvalue weighted by Crippen LogP contribution is 2.32. The van der Waals surface area contributed by atoms with E-state index in [1.54, 1.807) is 0 Å². The molecule has 3 unspecified atom stereocenters. The smallest absolute Gasteiger partial charge is 0.434 e. The third-order valence-electron chi connectivity index (χ3n) is 4.94. The summed E-state index contributed by atoms with van der Waals surface area (Å²) in [5.74, 6) is 0.557. The van der Waals surface area contributed by atoms with Gasteiger partial charge >= 0.3 is 6.09 Å². The van der Waals surface area contributed by atoms with Gasteiger partial charge in [-0.05, 0) is 44.6 Å². The van der Waals surface area contributed by atoms with Gasteiger partial charge in [0.2, 0.25) is 0 Å². The fourth-order valence-corrected chi connectivity index (χ4v) is 3.53. The van der Waals surface area contributed by atoms with E-state index in [2.05, 4.69) is 19.1 Å². The number of benzene rings is 1. The molecule has 3 atom stereocenters. The van der Waals surface area contributed by atoms with Crippen LogP contribution in [0.3, 0.4) is 0 Å². The number of amides is 1. The Morgan fingerprint density at radius 2 is 1.95 bits per heavy atom. The Balaban J connectivity index is 1.68. The minimum absolute atomic E-state index is 0.0567. The lowest BCUT2D eigenvalue weighted by Gasteiger charge is -2.28. The van der Waals surface area contributed by atoms with E-state index in [-0.39, 0.29) is 24.3 Å². The summed E-state index contributed by atoms with van der Waals surface area (Å²) in [5, 5.41) is 1.49. The SMILES string of the molecule is CC(ON1C(=O)OC(C)C1Cc1ccccc1)C1CCCC1. The molecule has 1 saturated heterocycles. The molecule has 1 amide bonds. The molecule has 1 aromatic carbocycles. The third-order valence-corrected chi connectivity index (χ3v) is 4.94. The molecule has 0 spiro atoms. The Morgan fingerprint density at radius 3 is 2.64 bits per heavy atom. The summed E-state index contributed by atoms with van der Waals surface area (Å²) in [6.45, 7) is 4.01. The zero-order chi connectivity index (χ0) is 15.5. The summed E-state index contributed by atoms with van der Waals surface area (Å²) in [6.07, 6.45) is 5.26. The Bertz CT molecular complexity index is 498. The van der Waals surface area contributed by atoms with Crippen LogP contribution in [0.1, 0.15) is 45.1 Å². The van der Waals surface area contributed by atoms with Gasteiger partial charge in [0.1, 0.15) is 12.1 Å². The van der Waals surface area contributed by atoms with E-state index < -0.39 is 0 Å². The molecule has 4 nitrogen and oxygen atoms in total. The third kappa shape index (κ3) is 3.27. The molecule has 1 aliphatic carbocycles. The number of carbonyl (C=O) groups excluding carboxylic acids is 1. The highest BCUT2D eigenvalue weighted by atomic mass is 16.8. The standard InChI is InChI=1S/C18H25NO3/c1-13(16-10-6-7-11-16)22-19-17(14(2)21-18(19)20)12-15-8-4-3-5-9-15/h3-5,8-9,13-14,16-17H,6-7,10-12H2,1-2H3. The normalized spacial score (nSPS) is 27.2. The van der Waals surface area contributed by atoms with Crippen molar-refractivity contribution in [1.82, 2.24) is 5.06 Å². The topological polar surface area (TPSA) is 38.8 Å². The Kier molecular flexibility index (Phi) is 4.67. The number of hydroxylamine groups is 2. The average molecular weight is 303 g/mol. The molecule has 1 heterocycles. The van der Waals surface area contributed by atoms with Crippen LogP contribution in [0.25, 0.3) is 0 Å². The Hall–Kier alpha value is -1.55. The second-order valence-corrected chi connectivity index (χ2v) is 6.53. The zero-order valence-electron chi connectivity index (χ0n) is 13.4. The van der Waals surface area contributed by atoms with Crippen LogP contribution in [0.4, 0.5) is 4.79 Å². The predicted molar refractivity (Wildman–Crippen MR) is 84.2 cm³/mol. The fourth-order valence-electron chi connectivity index (χ4n) is 3.53. The van der Waals surface area contributed by atoms with E-state index in [4.69, 9.17) is 9.57 Å². The van der Waals surface area contributed by atoms with E-state index in [1.165, 1.54) is 36.3 Å². The first-order chi connectivity index (χ1) is 10.6. The number of rotatable bonds is 5. The number of carbonyl (C=O) groups is 1. The van der Waals surface area contributed by atoms with Gasteiger partial charge in [-0.3, -0.25) is 4.84 Å². The lowest BCUT2D eigenvalue weighted by molar-refractivity contribution is -0.182. The molecule has 120 valence electrons. The molecule has 0 radical (unpaired) electrons. The molecule has 0 N–H and O–H groups in total. The van der Waals surface area contributed by atoms with Gasteiger partial charge in [-0.15, -0.1) is 0 Å². The maximum atomic E-state index is 12.1. The maximum absolute atomic E-state index is 12.1. The van der Waals surface area contributed by atoms with Gasteiger partial charge in [0.25, 0.3) is 0 Å². The van der Waals surface area contributed by atoms with Gasteiger partial charge in [0, 0.05) is 0 Å². The first kappa shape index (κ1) is 15.3.